The molecule has 1 amide bonds. The molecule has 0 radical (unpaired) electrons. The molecule has 1 heterocycles. The Morgan fingerprint density at radius 1 is 1.32 bits per heavy atom. The normalized spacial score (nSPS) is 16.2. The zero-order valence-electron chi connectivity index (χ0n) is 14.5. The summed E-state index contributed by atoms with van der Waals surface area (Å²) in [6, 6.07) is 9.19. The Kier molecular flexibility index (Phi) is 5.57. The summed E-state index contributed by atoms with van der Waals surface area (Å²) in [5.74, 6) is -1.16. The molecule has 0 unspecified atom stereocenters. The van der Waals surface area contributed by atoms with E-state index < -0.39 is 22.7 Å². The van der Waals surface area contributed by atoms with Crippen LogP contribution in [0.3, 0.4) is 0 Å². The van der Waals surface area contributed by atoms with E-state index in [4.69, 9.17) is 23.8 Å². The van der Waals surface area contributed by atoms with Gasteiger partial charge < -0.3 is 16.0 Å². The van der Waals surface area contributed by atoms with Crippen LogP contribution in [0.15, 0.2) is 53.7 Å². The van der Waals surface area contributed by atoms with Gasteiger partial charge in [-0.3, -0.25) is 14.9 Å². The smallest absolute Gasteiger partial charge is 0.288 e. The second kappa shape index (κ2) is 7.91. The molecular formula is C18H14ClFN4O3S. The lowest BCUT2D eigenvalue weighted by molar-refractivity contribution is -0.384. The molecule has 1 aliphatic heterocycles. The second-order valence-electron chi connectivity index (χ2n) is 5.97. The highest BCUT2D eigenvalue weighted by Gasteiger charge is 2.31. The van der Waals surface area contributed by atoms with Crippen LogP contribution >= 0.6 is 23.8 Å². The van der Waals surface area contributed by atoms with Gasteiger partial charge in [-0.1, -0.05) is 29.8 Å². The molecule has 144 valence electrons. The number of nitro benzene ring substituents is 1. The van der Waals surface area contributed by atoms with E-state index in [0.29, 0.717) is 11.3 Å². The molecule has 10 heteroatoms. The molecule has 0 aliphatic carbocycles. The summed E-state index contributed by atoms with van der Waals surface area (Å²) < 4.78 is 13.9. The quantitative estimate of drug-likeness (QED) is 0.395. The van der Waals surface area contributed by atoms with Gasteiger partial charge in [-0.15, -0.1) is 0 Å². The van der Waals surface area contributed by atoms with Crippen molar-refractivity contribution in [1.29, 1.82) is 0 Å². The molecular weight excluding hydrogens is 407 g/mol. The number of anilines is 1. The number of carbonyl (C=O) groups excluding carboxylic acids is 1. The first-order valence-electron chi connectivity index (χ1n) is 8.06. The van der Waals surface area contributed by atoms with E-state index in [9.17, 15) is 19.3 Å². The van der Waals surface area contributed by atoms with Crippen molar-refractivity contribution in [2.75, 3.05) is 5.32 Å². The zero-order valence-corrected chi connectivity index (χ0v) is 16.0. The Hall–Kier alpha value is -3.04. The fraction of sp³-hybridized carbons (Fsp3) is 0.111. The van der Waals surface area contributed by atoms with Crippen LogP contribution < -0.4 is 16.0 Å². The van der Waals surface area contributed by atoms with Gasteiger partial charge in [0.05, 0.1) is 22.2 Å². The topological polar surface area (TPSA) is 96.3 Å². The van der Waals surface area contributed by atoms with Crippen molar-refractivity contribution in [3.63, 3.8) is 0 Å². The minimum atomic E-state index is -0.781. The Morgan fingerprint density at radius 3 is 2.71 bits per heavy atom. The van der Waals surface area contributed by atoms with E-state index in [1.54, 1.807) is 19.1 Å². The van der Waals surface area contributed by atoms with Gasteiger partial charge in [-0.2, -0.15) is 0 Å². The molecule has 3 rings (SSSR count). The van der Waals surface area contributed by atoms with Gasteiger partial charge in [0, 0.05) is 11.8 Å². The SMILES string of the molecule is CC1=C(C(=O)Nc2ccccc2F)[C@@H](c2ccc(Cl)c([N+](=O)[O-])c2)NC(=S)N1. The number of halogens is 2. The highest BCUT2D eigenvalue weighted by Crippen LogP contribution is 2.33. The number of benzene rings is 2. The van der Waals surface area contributed by atoms with Gasteiger partial charge in [0.15, 0.2) is 5.11 Å². The number of nitrogens with one attached hydrogen (secondary N) is 3. The molecule has 28 heavy (non-hydrogen) atoms. The largest absolute Gasteiger partial charge is 0.351 e. The number of thiocarbonyl (C=S) groups is 1. The number of amides is 1. The Bertz CT molecular complexity index is 1030. The maximum atomic E-state index is 13.9. The van der Waals surface area contributed by atoms with Gasteiger partial charge in [0.1, 0.15) is 10.8 Å². The third-order valence-electron chi connectivity index (χ3n) is 4.14. The van der Waals surface area contributed by atoms with Crippen molar-refractivity contribution >= 4 is 46.2 Å². The van der Waals surface area contributed by atoms with Gasteiger partial charge in [0.2, 0.25) is 0 Å². The van der Waals surface area contributed by atoms with E-state index >= 15 is 0 Å². The highest BCUT2D eigenvalue weighted by atomic mass is 35.5. The van der Waals surface area contributed by atoms with Gasteiger partial charge in [-0.05, 0) is 42.9 Å². The summed E-state index contributed by atoms with van der Waals surface area (Å²) in [5, 5.41) is 19.7. The molecule has 2 aromatic rings. The van der Waals surface area contributed by atoms with E-state index in [-0.39, 0.29) is 27.1 Å². The number of nitro groups is 1. The summed E-state index contributed by atoms with van der Waals surface area (Å²) in [4.78, 5) is 23.5. The Labute approximate surface area is 169 Å². The maximum absolute atomic E-state index is 13.9. The third kappa shape index (κ3) is 3.95. The molecule has 0 aromatic heterocycles. The number of nitrogens with zero attached hydrogens (tertiary/aromatic N) is 1. The average Bonchev–Trinajstić information content (AvgIpc) is 2.63. The van der Waals surface area contributed by atoms with Crippen LogP contribution in [0, 0.1) is 15.9 Å². The van der Waals surface area contributed by atoms with Crippen molar-refractivity contribution in [1.82, 2.24) is 10.6 Å². The van der Waals surface area contributed by atoms with Crippen LogP contribution in [-0.2, 0) is 4.79 Å². The average molecular weight is 421 g/mol. The van der Waals surface area contributed by atoms with Crippen molar-refractivity contribution in [3.05, 3.63) is 80.3 Å². The number of para-hydroxylation sites is 1. The molecule has 7 nitrogen and oxygen atoms in total. The van der Waals surface area contributed by atoms with Gasteiger partial charge in [-0.25, -0.2) is 4.39 Å². The van der Waals surface area contributed by atoms with E-state index in [0.717, 1.165) is 0 Å². The molecule has 3 N–H and O–H groups in total. The maximum Gasteiger partial charge on any atom is 0.288 e. The monoisotopic (exact) mass is 420 g/mol. The first-order valence-corrected chi connectivity index (χ1v) is 8.84. The fourth-order valence-electron chi connectivity index (χ4n) is 2.85. The number of hydrogen-bond donors (Lipinski definition) is 3. The van der Waals surface area contributed by atoms with Crippen molar-refractivity contribution in [3.8, 4) is 0 Å². The molecule has 0 bridgehead atoms. The van der Waals surface area contributed by atoms with E-state index in [1.165, 1.54) is 30.3 Å². The van der Waals surface area contributed by atoms with Crippen LogP contribution in [0.25, 0.3) is 0 Å². The lowest BCUT2D eigenvalue weighted by Gasteiger charge is -2.30. The van der Waals surface area contributed by atoms with Crippen LogP contribution in [0.2, 0.25) is 5.02 Å². The minimum Gasteiger partial charge on any atom is -0.351 e. The third-order valence-corrected chi connectivity index (χ3v) is 4.68. The van der Waals surface area contributed by atoms with Crippen LogP contribution in [0.4, 0.5) is 15.8 Å². The van der Waals surface area contributed by atoms with Crippen molar-refractivity contribution < 1.29 is 14.1 Å². The van der Waals surface area contributed by atoms with Gasteiger partial charge >= 0.3 is 0 Å². The number of allylic oxidation sites excluding steroid dienone is 1. The van der Waals surface area contributed by atoms with Crippen molar-refractivity contribution in [2.24, 2.45) is 0 Å². The molecule has 0 saturated carbocycles. The fourth-order valence-corrected chi connectivity index (χ4v) is 3.30. The zero-order chi connectivity index (χ0) is 20.4. The summed E-state index contributed by atoms with van der Waals surface area (Å²) in [7, 11) is 0. The van der Waals surface area contributed by atoms with E-state index in [1.807, 2.05) is 0 Å². The summed E-state index contributed by atoms with van der Waals surface area (Å²) in [6.45, 7) is 1.64. The molecule has 0 saturated heterocycles. The van der Waals surface area contributed by atoms with Crippen LogP contribution in [-0.4, -0.2) is 15.9 Å². The van der Waals surface area contributed by atoms with Crippen molar-refractivity contribution in [2.45, 2.75) is 13.0 Å². The van der Waals surface area contributed by atoms with E-state index in [2.05, 4.69) is 16.0 Å². The molecule has 2 aromatic carbocycles. The molecule has 0 spiro atoms. The molecule has 0 fully saturated rings. The standard InChI is InChI=1S/C18H14ClFN4O3S/c1-9-15(17(25)22-13-5-3-2-4-12(13)20)16(23-18(28)21-9)10-6-7-11(19)14(8-10)24(26)27/h2-8,16H,1H3,(H,22,25)(H2,21,23,28)/t16-/m1/s1. The first kappa shape index (κ1) is 19.7. The highest BCUT2D eigenvalue weighted by molar-refractivity contribution is 7.80. The Morgan fingerprint density at radius 2 is 2.04 bits per heavy atom. The summed E-state index contributed by atoms with van der Waals surface area (Å²) >= 11 is 11.0. The number of hydrogen-bond acceptors (Lipinski definition) is 4. The molecule has 1 aliphatic rings. The summed E-state index contributed by atoms with van der Waals surface area (Å²) in [5.41, 5.74) is 0.797. The second-order valence-corrected chi connectivity index (χ2v) is 6.79. The number of rotatable bonds is 4. The van der Waals surface area contributed by atoms with Gasteiger partial charge in [0.25, 0.3) is 11.6 Å². The lowest BCUT2D eigenvalue weighted by Crippen LogP contribution is -2.45. The minimum absolute atomic E-state index is 0.0155. The predicted molar refractivity (Wildman–Crippen MR) is 107 cm³/mol. The first-order chi connectivity index (χ1) is 13.3. The Balaban J connectivity index is 2.02. The van der Waals surface area contributed by atoms with Crippen LogP contribution in [0.5, 0.6) is 0 Å². The lowest BCUT2D eigenvalue weighted by atomic mass is 9.94. The van der Waals surface area contributed by atoms with Crippen LogP contribution in [0.1, 0.15) is 18.5 Å². The predicted octanol–water partition coefficient (Wildman–Crippen LogP) is 3.82. The molecule has 1 atom stereocenters. The summed E-state index contributed by atoms with van der Waals surface area (Å²) in [6.07, 6.45) is 0. The number of carbonyl (C=O) groups is 1.